The first-order chi connectivity index (χ1) is 8.78. The summed E-state index contributed by atoms with van der Waals surface area (Å²) in [6.45, 7) is 5.69. The van der Waals surface area contributed by atoms with Crippen molar-refractivity contribution in [2.24, 2.45) is 5.41 Å². The molecule has 0 radical (unpaired) electrons. The Balaban J connectivity index is 2.27. The van der Waals surface area contributed by atoms with Gasteiger partial charge in [0, 0.05) is 23.1 Å². The molecule has 1 fully saturated rings. The highest BCUT2D eigenvalue weighted by Crippen LogP contribution is 2.30. The van der Waals surface area contributed by atoms with Crippen molar-refractivity contribution in [3.8, 4) is 0 Å². The lowest BCUT2D eigenvalue weighted by Crippen LogP contribution is -2.30. The molecule has 1 aliphatic rings. The zero-order valence-electron chi connectivity index (χ0n) is 10.9. The number of rotatable bonds is 2. The molecule has 1 aromatic carbocycles. The summed E-state index contributed by atoms with van der Waals surface area (Å²) in [6, 6.07) is 4.59. The second-order valence-electron chi connectivity index (χ2n) is 5.67. The third-order valence-electron chi connectivity index (χ3n) is 3.36. The Morgan fingerprint density at radius 3 is 2.42 bits per heavy atom. The van der Waals surface area contributed by atoms with Gasteiger partial charge in [-0.2, -0.15) is 0 Å². The van der Waals surface area contributed by atoms with Crippen molar-refractivity contribution in [1.82, 2.24) is 4.90 Å². The fourth-order valence-electron chi connectivity index (χ4n) is 2.30. The molecule has 1 aromatic rings. The number of amides is 1. The maximum atomic E-state index is 12.4. The first-order valence-electron chi connectivity index (χ1n) is 6.12. The van der Waals surface area contributed by atoms with E-state index in [0.29, 0.717) is 16.6 Å². The van der Waals surface area contributed by atoms with Gasteiger partial charge in [0.05, 0.1) is 5.56 Å². The van der Waals surface area contributed by atoms with Crippen LogP contribution in [0.3, 0.4) is 0 Å². The molecule has 0 atom stereocenters. The third kappa shape index (κ3) is 3.15. The largest absolute Gasteiger partial charge is 0.478 e. The summed E-state index contributed by atoms with van der Waals surface area (Å²) in [6.07, 6.45) is 0.971. The second kappa shape index (κ2) is 4.96. The molecule has 5 heteroatoms. The molecule has 19 heavy (non-hydrogen) atoms. The average molecular weight is 326 g/mol. The minimum atomic E-state index is -1.03. The van der Waals surface area contributed by atoms with Crippen LogP contribution in [0, 0.1) is 5.41 Å². The fraction of sp³-hybridized carbons (Fsp3) is 0.429. The van der Waals surface area contributed by atoms with E-state index in [1.165, 1.54) is 12.1 Å². The Morgan fingerprint density at radius 2 is 1.89 bits per heavy atom. The van der Waals surface area contributed by atoms with Crippen LogP contribution in [0.25, 0.3) is 0 Å². The smallest absolute Gasteiger partial charge is 0.335 e. The number of aromatic carboxylic acids is 1. The molecule has 0 spiro atoms. The highest BCUT2D eigenvalue weighted by molar-refractivity contribution is 9.10. The van der Waals surface area contributed by atoms with Crippen LogP contribution in [0.2, 0.25) is 0 Å². The number of likely N-dealkylation sites (tertiary alicyclic amines) is 1. The van der Waals surface area contributed by atoms with Gasteiger partial charge in [-0.05, 0) is 30.0 Å². The molecule has 1 N–H and O–H groups in total. The lowest BCUT2D eigenvalue weighted by Gasteiger charge is -2.20. The Morgan fingerprint density at radius 1 is 1.26 bits per heavy atom. The van der Waals surface area contributed by atoms with Crippen LogP contribution in [0.15, 0.2) is 22.7 Å². The number of halogens is 1. The summed E-state index contributed by atoms with van der Waals surface area (Å²) < 4.78 is 0.606. The van der Waals surface area contributed by atoms with Gasteiger partial charge in [-0.25, -0.2) is 4.79 Å². The lowest BCUT2D eigenvalue weighted by atomic mass is 9.93. The van der Waals surface area contributed by atoms with E-state index in [4.69, 9.17) is 5.11 Å². The Labute approximate surface area is 120 Å². The summed E-state index contributed by atoms with van der Waals surface area (Å²) in [7, 11) is 0. The van der Waals surface area contributed by atoms with Crippen LogP contribution in [-0.4, -0.2) is 35.0 Å². The number of carboxylic acid groups (broad SMARTS) is 1. The standard InChI is InChI=1S/C14H16BrNO3/c1-14(2)3-4-16(8-14)12(17)9-5-10(13(18)19)7-11(15)6-9/h5-7H,3-4,8H2,1-2H3,(H,18,19). The minimum Gasteiger partial charge on any atom is -0.478 e. The first kappa shape index (κ1) is 14.1. The predicted octanol–water partition coefficient (Wildman–Crippen LogP) is 3.02. The van der Waals surface area contributed by atoms with Gasteiger partial charge in [0.15, 0.2) is 0 Å². The van der Waals surface area contributed by atoms with Crippen molar-refractivity contribution >= 4 is 27.8 Å². The van der Waals surface area contributed by atoms with Crippen LogP contribution < -0.4 is 0 Å². The quantitative estimate of drug-likeness (QED) is 0.909. The summed E-state index contributed by atoms with van der Waals surface area (Å²) in [5.74, 6) is -1.13. The second-order valence-corrected chi connectivity index (χ2v) is 6.59. The molecule has 0 saturated carbocycles. The molecule has 1 saturated heterocycles. The van der Waals surface area contributed by atoms with Crippen molar-refractivity contribution in [3.05, 3.63) is 33.8 Å². The van der Waals surface area contributed by atoms with Crippen LogP contribution >= 0.6 is 15.9 Å². The van der Waals surface area contributed by atoms with E-state index in [1.54, 1.807) is 11.0 Å². The van der Waals surface area contributed by atoms with E-state index in [0.717, 1.165) is 13.0 Å². The number of hydrogen-bond donors (Lipinski definition) is 1. The zero-order valence-corrected chi connectivity index (χ0v) is 12.5. The number of carbonyl (C=O) groups is 2. The highest BCUT2D eigenvalue weighted by atomic mass is 79.9. The molecular formula is C14H16BrNO3. The van der Waals surface area contributed by atoms with E-state index in [1.807, 2.05) is 0 Å². The molecule has 1 heterocycles. The zero-order chi connectivity index (χ0) is 14.2. The lowest BCUT2D eigenvalue weighted by molar-refractivity contribution is 0.0697. The number of hydrogen-bond acceptors (Lipinski definition) is 2. The molecule has 4 nitrogen and oxygen atoms in total. The van der Waals surface area contributed by atoms with E-state index in [2.05, 4.69) is 29.8 Å². The number of carboxylic acids is 1. The molecule has 1 amide bonds. The molecule has 2 rings (SSSR count). The Kier molecular flexibility index (Phi) is 3.67. The predicted molar refractivity (Wildman–Crippen MR) is 75.4 cm³/mol. The molecular weight excluding hydrogens is 310 g/mol. The number of nitrogens with zero attached hydrogens (tertiary/aromatic N) is 1. The van der Waals surface area contributed by atoms with Crippen molar-refractivity contribution in [2.75, 3.05) is 13.1 Å². The van der Waals surface area contributed by atoms with Gasteiger partial charge in [-0.3, -0.25) is 4.79 Å². The molecule has 0 bridgehead atoms. The van der Waals surface area contributed by atoms with Gasteiger partial charge in [0.2, 0.25) is 0 Å². The summed E-state index contributed by atoms with van der Waals surface area (Å²) >= 11 is 3.25. The van der Waals surface area contributed by atoms with E-state index >= 15 is 0 Å². The monoisotopic (exact) mass is 325 g/mol. The first-order valence-corrected chi connectivity index (χ1v) is 6.91. The third-order valence-corrected chi connectivity index (χ3v) is 3.81. The normalized spacial score (nSPS) is 17.5. The molecule has 102 valence electrons. The van der Waals surface area contributed by atoms with Gasteiger partial charge >= 0.3 is 5.97 Å². The van der Waals surface area contributed by atoms with Gasteiger partial charge in [0.25, 0.3) is 5.91 Å². The SMILES string of the molecule is CC1(C)CCN(C(=O)c2cc(Br)cc(C(=O)O)c2)C1. The summed E-state index contributed by atoms with van der Waals surface area (Å²) in [5, 5.41) is 9.02. The van der Waals surface area contributed by atoms with Crippen LogP contribution in [0.5, 0.6) is 0 Å². The van der Waals surface area contributed by atoms with Crippen molar-refractivity contribution in [2.45, 2.75) is 20.3 Å². The Hall–Kier alpha value is -1.36. The number of benzene rings is 1. The van der Waals surface area contributed by atoms with E-state index in [9.17, 15) is 9.59 Å². The molecule has 0 aliphatic carbocycles. The summed E-state index contributed by atoms with van der Waals surface area (Å²) in [4.78, 5) is 25.2. The van der Waals surface area contributed by atoms with Gasteiger partial charge in [-0.15, -0.1) is 0 Å². The van der Waals surface area contributed by atoms with Crippen LogP contribution in [0.4, 0.5) is 0 Å². The number of carbonyl (C=O) groups excluding carboxylic acids is 1. The van der Waals surface area contributed by atoms with Gasteiger partial charge in [-0.1, -0.05) is 29.8 Å². The van der Waals surface area contributed by atoms with Gasteiger partial charge in [0.1, 0.15) is 0 Å². The maximum Gasteiger partial charge on any atom is 0.335 e. The fourth-order valence-corrected chi connectivity index (χ4v) is 2.80. The topological polar surface area (TPSA) is 57.6 Å². The van der Waals surface area contributed by atoms with E-state index in [-0.39, 0.29) is 16.9 Å². The van der Waals surface area contributed by atoms with Crippen LogP contribution in [0.1, 0.15) is 41.0 Å². The van der Waals surface area contributed by atoms with Crippen molar-refractivity contribution in [3.63, 3.8) is 0 Å². The van der Waals surface area contributed by atoms with Crippen molar-refractivity contribution in [1.29, 1.82) is 0 Å². The Bertz CT molecular complexity index is 539. The van der Waals surface area contributed by atoms with E-state index < -0.39 is 5.97 Å². The van der Waals surface area contributed by atoms with Crippen molar-refractivity contribution < 1.29 is 14.7 Å². The minimum absolute atomic E-state index is 0.102. The molecule has 0 aromatic heterocycles. The molecule has 0 unspecified atom stereocenters. The highest BCUT2D eigenvalue weighted by Gasteiger charge is 2.32. The maximum absolute atomic E-state index is 12.4. The summed E-state index contributed by atoms with van der Waals surface area (Å²) in [5.41, 5.74) is 0.678. The molecule has 1 aliphatic heterocycles. The average Bonchev–Trinajstić information content (AvgIpc) is 2.68. The van der Waals surface area contributed by atoms with Gasteiger partial charge < -0.3 is 10.0 Å². The van der Waals surface area contributed by atoms with Crippen LogP contribution in [-0.2, 0) is 0 Å².